The average Bonchev–Trinajstić information content (AvgIpc) is 2.37. The number of aromatic nitrogens is 2. The predicted octanol–water partition coefficient (Wildman–Crippen LogP) is 1.77. The number of hydrogen-bond donors (Lipinski definition) is 1. The Balaban J connectivity index is 2.14. The van der Waals surface area contributed by atoms with E-state index in [-0.39, 0.29) is 11.9 Å². The average molecular weight is 248 g/mol. The molecule has 1 aliphatic carbocycles. The van der Waals surface area contributed by atoms with Gasteiger partial charge in [0.25, 0.3) is 5.91 Å². The third-order valence-electron chi connectivity index (χ3n) is 3.53. The Labute approximate surface area is 107 Å². The second-order valence-corrected chi connectivity index (χ2v) is 4.96. The normalized spacial score (nSPS) is 16.6. The van der Waals surface area contributed by atoms with Crippen molar-refractivity contribution in [3.05, 3.63) is 17.5 Å². The van der Waals surface area contributed by atoms with Crippen LogP contribution < -0.4 is 5.73 Å². The van der Waals surface area contributed by atoms with E-state index in [0.29, 0.717) is 11.7 Å². The van der Waals surface area contributed by atoms with Gasteiger partial charge in [-0.25, -0.2) is 9.97 Å². The van der Waals surface area contributed by atoms with Gasteiger partial charge in [0.2, 0.25) is 5.95 Å². The van der Waals surface area contributed by atoms with Crippen molar-refractivity contribution in [3.8, 4) is 0 Å². The summed E-state index contributed by atoms with van der Waals surface area (Å²) >= 11 is 0. The van der Waals surface area contributed by atoms with Gasteiger partial charge in [-0.2, -0.15) is 0 Å². The van der Waals surface area contributed by atoms with Crippen molar-refractivity contribution in [2.75, 3.05) is 12.8 Å². The molecule has 98 valence electrons. The first-order chi connectivity index (χ1) is 8.58. The number of aryl methyl sites for hydroxylation is 1. The molecule has 0 spiro atoms. The minimum Gasteiger partial charge on any atom is -0.368 e. The minimum atomic E-state index is -0.0564. The van der Waals surface area contributed by atoms with Crippen molar-refractivity contribution in [2.45, 2.75) is 45.1 Å². The lowest BCUT2D eigenvalue weighted by Gasteiger charge is -2.31. The maximum absolute atomic E-state index is 12.3. The van der Waals surface area contributed by atoms with Crippen LogP contribution in [0.4, 0.5) is 5.95 Å². The topological polar surface area (TPSA) is 72.1 Å². The van der Waals surface area contributed by atoms with Crippen molar-refractivity contribution < 1.29 is 4.79 Å². The number of anilines is 1. The third kappa shape index (κ3) is 2.78. The third-order valence-corrected chi connectivity index (χ3v) is 3.53. The highest BCUT2D eigenvalue weighted by molar-refractivity contribution is 5.92. The second kappa shape index (κ2) is 5.33. The van der Waals surface area contributed by atoms with Crippen molar-refractivity contribution >= 4 is 11.9 Å². The standard InChI is InChI=1S/C13H20N4O/c1-9-8-11(16-13(14)15-9)12(18)17(2)10-6-4-3-5-7-10/h8,10H,3-7H2,1-2H3,(H2,14,15,16). The van der Waals surface area contributed by atoms with Gasteiger partial charge < -0.3 is 10.6 Å². The molecule has 0 atom stereocenters. The minimum absolute atomic E-state index is 0.0564. The summed E-state index contributed by atoms with van der Waals surface area (Å²) < 4.78 is 0. The number of carbonyl (C=O) groups excluding carboxylic acids is 1. The Morgan fingerprint density at radius 3 is 2.61 bits per heavy atom. The van der Waals surface area contributed by atoms with Crippen molar-refractivity contribution in [1.82, 2.24) is 14.9 Å². The van der Waals surface area contributed by atoms with Crippen molar-refractivity contribution in [1.29, 1.82) is 0 Å². The van der Waals surface area contributed by atoms with Gasteiger partial charge >= 0.3 is 0 Å². The SMILES string of the molecule is Cc1cc(C(=O)N(C)C2CCCCC2)nc(N)n1. The predicted molar refractivity (Wildman–Crippen MR) is 70.1 cm³/mol. The van der Waals surface area contributed by atoms with E-state index in [2.05, 4.69) is 9.97 Å². The van der Waals surface area contributed by atoms with Gasteiger partial charge in [0.1, 0.15) is 5.69 Å². The zero-order valence-electron chi connectivity index (χ0n) is 11.0. The highest BCUT2D eigenvalue weighted by atomic mass is 16.2. The molecule has 1 saturated carbocycles. The Kier molecular flexibility index (Phi) is 3.79. The van der Waals surface area contributed by atoms with E-state index in [9.17, 15) is 4.79 Å². The summed E-state index contributed by atoms with van der Waals surface area (Å²) in [4.78, 5) is 22.1. The maximum Gasteiger partial charge on any atom is 0.272 e. The largest absolute Gasteiger partial charge is 0.368 e. The van der Waals surface area contributed by atoms with Gasteiger partial charge in [-0.05, 0) is 25.8 Å². The van der Waals surface area contributed by atoms with Crippen LogP contribution >= 0.6 is 0 Å². The summed E-state index contributed by atoms with van der Waals surface area (Å²) in [5.41, 5.74) is 6.70. The van der Waals surface area contributed by atoms with E-state index in [1.807, 2.05) is 14.0 Å². The van der Waals surface area contributed by atoms with Crippen LogP contribution in [0.1, 0.15) is 48.3 Å². The molecule has 0 radical (unpaired) electrons. The van der Waals surface area contributed by atoms with Gasteiger partial charge in [0, 0.05) is 18.8 Å². The monoisotopic (exact) mass is 248 g/mol. The second-order valence-electron chi connectivity index (χ2n) is 4.96. The molecule has 0 unspecified atom stereocenters. The van der Waals surface area contributed by atoms with Crippen molar-refractivity contribution in [3.63, 3.8) is 0 Å². The lowest BCUT2D eigenvalue weighted by molar-refractivity contribution is 0.0690. The Hall–Kier alpha value is -1.65. The molecule has 5 nitrogen and oxygen atoms in total. The summed E-state index contributed by atoms with van der Waals surface area (Å²) in [5, 5.41) is 0. The van der Waals surface area contributed by atoms with Gasteiger partial charge in [-0.3, -0.25) is 4.79 Å². The molecule has 2 rings (SSSR count). The van der Waals surface area contributed by atoms with E-state index in [0.717, 1.165) is 18.5 Å². The first kappa shape index (κ1) is 12.8. The maximum atomic E-state index is 12.3. The van der Waals surface area contributed by atoms with Crippen LogP contribution in [-0.2, 0) is 0 Å². The van der Waals surface area contributed by atoms with E-state index >= 15 is 0 Å². The molecule has 1 aromatic heterocycles. The van der Waals surface area contributed by atoms with E-state index < -0.39 is 0 Å². The first-order valence-corrected chi connectivity index (χ1v) is 6.46. The number of hydrogen-bond acceptors (Lipinski definition) is 4. The molecule has 0 aromatic carbocycles. The summed E-state index contributed by atoms with van der Waals surface area (Å²) in [5.74, 6) is 0.106. The Morgan fingerprint density at radius 1 is 1.33 bits per heavy atom. The molecule has 5 heteroatoms. The molecule has 1 heterocycles. The summed E-state index contributed by atoms with van der Waals surface area (Å²) in [6.45, 7) is 1.81. The van der Waals surface area contributed by atoms with Crippen LogP contribution in [0, 0.1) is 6.92 Å². The lowest BCUT2D eigenvalue weighted by Crippen LogP contribution is -2.38. The number of carbonyl (C=O) groups is 1. The van der Waals surface area contributed by atoms with Crippen LogP contribution in [0.5, 0.6) is 0 Å². The van der Waals surface area contributed by atoms with Gasteiger partial charge in [-0.15, -0.1) is 0 Å². The van der Waals surface area contributed by atoms with E-state index in [4.69, 9.17) is 5.73 Å². The summed E-state index contributed by atoms with van der Waals surface area (Å²) in [6, 6.07) is 2.03. The number of amides is 1. The Morgan fingerprint density at radius 2 is 2.00 bits per heavy atom. The molecule has 0 bridgehead atoms. The Bertz CT molecular complexity index is 420. The fourth-order valence-electron chi connectivity index (χ4n) is 2.52. The van der Waals surface area contributed by atoms with Crippen LogP contribution in [0.25, 0.3) is 0 Å². The van der Waals surface area contributed by atoms with E-state index in [1.165, 1.54) is 19.3 Å². The first-order valence-electron chi connectivity index (χ1n) is 6.46. The quantitative estimate of drug-likeness (QED) is 0.865. The molecular weight excluding hydrogens is 228 g/mol. The lowest BCUT2D eigenvalue weighted by atomic mass is 9.94. The van der Waals surface area contributed by atoms with Gasteiger partial charge in [0.05, 0.1) is 0 Å². The smallest absolute Gasteiger partial charge is 0.272 e. The fraction of sp³-hybridized carbons (Fsp3) is 0.615. The highest BCUT2D eigenvalue weighted by Gasteiger charge is 2.24. The molecule has 18 heavy (non-hydrogen) atoms. The molecule has 1 amide bonds. The van der Waals surface area contributed by atoms with Gasteiger partial charge in [0.15, 0.2) is 0 Å². The zero-order valence-corrected chi connectivity index (χ0v) is 11.0. The molecular formula is C13H20N4O. The molecule has 1 aromatic rings. The molecule has 0 aliphatic heterocycles. The summed E-state index contributed by atoms with van der Waals surface area (Å²) in [6.07, 6.45) is 5.85. The fourth-order valence-corrected chi connectivity index (χ4v) is 2.52. The molecule has 0 saturated heterocycles. The summed E-state index contributed by atoms with van der Waals surface area (Å²) in [7, 11) is 1.85. The zero-order chi connectivity index (χ0) is 13.1. The number of nitrogens with zero attached hydrogens (tertiary/aromatic N) is 3. The van der Waals surface area contributed by atoms with Crippen molar-refractivity contribution in [2.24, 2.45) is 0 Å². The van der Waals surface area contributed by atoms with Crippen LogP contribution in [0.15, 0.2) is 6.07 Å². The number of nitrogen functional groups attached to an aromatic ring is 1. The number of nitrogens with two attached hydrogens (primary N) is 1. The van der Waals surface area contributed by atoms with Crippen LogP contribution in [0.2, 0.25) is 0 Å². The molecule has 1 fully saturated rings. The highest BCUT2D eigenvalue weighted by Crippen LogP contribution is 2.22. The molecule has 2 N–H and O–H groups in total. The van der Waals surface area contributed by atoms with E-state index in [1.54, 1.807) is 11.0 Å². The molecule has 1 aliphatic rings. The number of rotatable bonds is 2. The van der Waals surface area contributed by atoms with Gasteiger partial charge in [-0.1, -0.05) is 19.3 Å². The van der Waals surface area contributed by atoms with Crippen LogP contribution in [-0.4, -0.2) is 33.9 Å². The van der Waals surface area contributed by atoms with Crippen LogP contribution in [0.3, 0.4) is 0 Å².